The van der Waals surface area contributed by atoms with Crippen LogP contribution in [-0.4, -0.2) is 35.4 Å². The Morgan fingerprint density at radius 2 is 2.09 bits per heavy atom. The standard InChI is InChI=1S/C17H23N3O2/c1-2-16(15-7-4-3-5-8-15)17(21)18-10-13-22-14-12-20-11-6-9-19-20/h3-9,11,16H,2,10,12-14H2,1H3,(H,18,21). The van der Waals surface area contributed by atoms with E-state index in [1.807, 2.05) is 54.2 Å². The van der Waals surface area contributed by atoms with Gasteiger partial charge in [-0.25, -0.2) is 0 Å². The molecule has 118 valence electrons. The number of rotatable bonds is 9. The second-order valence-electron chi connectivity index (χ2n) is 5.04. The Hall–Kier alpha value is -2.14. The van der Waals surface area contributed by atoms with E-state index in [0.717, 1.165) is 18.5 Å². The van der Waals surface area contributed by atoms with Gasteiger partial charge in [-0.05, 0) is 18.1 Å². The number of nitrogens with one attached hydrogen (secondary N) is 1. The summed E-state index contributed by atoms with van der Waals surface area (Å²) in [6.45, 7) is 4.38. The molecule has 1 aromatic carbocycles. The lowest BCUT2D eigenvalue weighted by molar-refractivity contribution is -0.122. The lowest BCUT2D eigenvalue weighted by Gasteiger charge is -2.15. The summed E-state index contributed by atoms with van der Waals surface area (Å²) in [7, 11) is 0. The predicted molar refractivity (Wildman–Crippen MR) is 85.5 cm³/mol. The molecule has 22 heavy (non-hydrogen) atoms. The number of amides is 1. The van der Waals surface area contributed by atoms with Crippen LogP contribution in [0.25, 0.3) is 0 Å². The van der Waals surface area contributed by atoms with Crippen molar-refractivity contribution in [2.75, 3.05) is 19.8 Å². The molecule has 0 aliphatic heterocycles. The molecule has 1 unspecified atom stereocenters. The van der Waals surface area contributed by atoms with Gasteiger partial charge in [0, 0.05) is 18.9 Å². The number of ether oxygens (including phenoxy) is 1. The Bertz CT molecular complexity index is 540. The second-order valence-corrected chi connectivity index (χ2v) is 5.04. The van der Waals surface area contributed by atoms with Crippen molar-refractivity contribution >= 4 is 5.91 Å². The average Bonchev–Trinajstić information content (AvgIpc) is 3.06. The van der Waals surface area contributed by atoms with Crippen LogP contribution in [0.15, 0.2) is 48.8 Å². The molecule has 0 saturated carbocycles. The van der Waals surface area contributed by atoms with Crippen LogP contribution >= 0.6 is 0 Å². The highest BCUT2D eigenvalue weighted by Gasteiger charge is 2.17. The first-order chi connectivity index (χ1) is 10.8. The number of benzene rings is 1. The average molecular weight is 301 g/mol. The van der Waals surface area contributed by atoms with Crippen LogP contribution < -0.4 is 5.32 Å². The monoisotopic (exact) mass is 301 g/mol. The van der Waals surface area contributed by atoms with Gasteiger partial charge >= 0.3 is 0 Å². The van der Waals surface area contributed by atoms with Gasteiger partial charge < -0.3 is 10.1 Å². The number of carbonyl (C=O) groups excluding carboxylic acids is 1. The molecule has 1 heterocycles. The van der Waals surface area contributed by atoms with E-state index in [-0.39, 0.29) is 11.8 Å². The molecule has 5 heteroatoms. The third kappa shape index (κ3) is 5.00. The zero-order chi connectivity index (χ0) is 15.6. The second kappa shape index (κ2) is 9.00. The Balaban J connectivity index is 1.64. The minimum absolute atomic E-state index is 0.0596. The van der Waals surface area contributed by atoms with Gasteiger partial charge in [-0.1, -0.05) is 37.3 Å². The van der Waals surface area contributed by atoms with Gasteiger partial charge in [-0.3, -0.25) is 9.48 Å². The molecular formula is C17H23N3O2. The van der Waals surface area contributed by atoms with E-state index in [1.165, 1.54) is 0 Å². The van der Waals surface area contributed by atoms with E-state index in [2.05, 4.69) is 10.4 Å². The molecule has 0 radical (unpaired) electrons. The Labute approximate surface area is 131 Å². The molecule has 0 saturated heterocycles. The molecule has 1 atom stereocenters. The first-order valence-corrected chi connectivity index (χ1v) is 7.69. The van der Waals surface area contributed by atoms with E-state index < -0.39 is 0 Å². The number of hydrogen-bond acceptors (Lipinski definition) is 3. The summed E-state index contributed by atoms with van der Waals surface area (Å²) >= 11 is 0. The maximum atomic E-state index is 12.2. The smallest absolute Gasteiger partial charge is 0.227 e. The number of nitrogens with zero attached hydrogens (tertiary/aromatic N) is 2. The Morgan fingerprint density at radius 3 is 2.77 bits per heavy atom. The SMILES string of the molecule is CCC(C(=O)NCCOCCn1cccn1)c1ccccc1. The molecule has 0 bridgehead atoms. The maximum absolute atomic E-state index is 12.2. The predicted octanol–water partition coefficient (Wildman–Crippen LogP) is 2.21. The zero-order valence-electron chi connectivity index (χ0n) is 12.9. The lowest BCUT2D eigenvalue weighted by atomic mass is 9.96. The van der Waals surface area contributed by atoms with Crippen LogP contribution in [0.1, 0.15) is 24.8 Å². The van der Waals surface area contributed by atoms with Gasteiger partial charge in [0.25, 0.3) is 0 Å². The summed E-state index contributed by atoms with van der Waals surface area (Å²) in [4.78, 5) is 12.2. The number of hydrogen-bond donors (Lipinski definition) is 1. The molecule has 0 aliphatic rings. The van der Waals surface area contributed by atoms with E-state index in [9.17, 15) is 4.79 Å². The van der Waals surface area contributed by atoms with E-state index in [1.54, 1.807) is 6.20 Å². The van der Waals surface area contributed by atoms with Gasteiger partial charge in [0.05, 0.1) is 25.7 Å². The third-order valence-electron chi connectivity index (χ3n) is 3.50. The number of aromatic nitrogens is 2. The quantitative estimate of drug-likeness (QED) is 0.723. The normalized spacial score (nSPS) is 12.0. The van der Waals surface area contributed by atoms with Gasteiger partial charge in [0.1, 0.15) is 0 Å². The molecule has 5 nitrogen and oxygen atoms in total. The van der Waals surface area contributed by atoms with Gasteiger partial charge in [0.2, 0.25) is 5.91 Å². The molecule has 0 aliphatic carbocycles. The van der Waals surface area contributed by atoms with Crippen molar-refractivity contribution in [3.8, 4) is 0 Å². The Kier molecular flexibility index (Phi) is 6.64. The van der Waals surface area contributed by atoms with Gasteiger partial charge in [-0.2, -0.15) is 5.10 Å². The molecular weight excluding hydrogens is 278 g/mol. The maximum Gasteiger partial charge on any atom is 0.227 e. The van der Waals surface area contributed by atoms with Gasteiger partial charge in [0.15, 0.2) is 0 Å². The highest BCUT2D eigenvalue weighted by molar-refractivity contribution is 5.83. The summed E-state index contributed by atoms with van der Waals surface area (Å²) in [6, 6.07) is 11.8. The fourth-order valence-electron chi connectivity index (χ4n) is 2.32. The first-order valence-electron chi connectivity index (χ1n) is 7.69. The van der Waals surface area contributed by atoms with Crippen LogP contribution in [0.4, 0.5) is 0 Å². The molecule has 2 aromatic rings. The molecule has 0 fully saturated rings. The van der Waals surface area contributed by atoms with Crippen molar-refractivity contribution < 1.29 is 9.53 Å². The fourth-order valence-corrected chi connectivity index (χ4v) is 2.32. The fraction of sp³-hybridized carbons (Fsp3) is 0.412. The largest absolute Gasteiger partial charge is 0.378 e. The van der Waals surface area contributed by atoms with Crippen molar-refractivity contribution in [1.29, 1.82) is 0 Å². The van der Waals surface area contributed by atoms with Crippen LogP contribution in [-0.2, 0) is 16.1 Å². The number of carbonyl (C=O) groups is 1. The highest BCUT2D eigenvalue weighted by Crippen LogP contribution is 2.18. The first kappa shape index (κ1) is 16.2. The van der Waals surface area contributed by atoms with Crippen molar-refractivity contribution in [3.63, 3.8) is 0 Å². The van der Waals surface area contributed by atoms with Crippen molar-refractivity contribution in [1.82, 2.24) is 15.1 Å². The molecule has 0 spiro atoms. The van der Waals surface area contributed by atoms with Gasteiger partial charge in [-0.15, -0.1) is 0 Å². The van der Waals surface area contributed by atoms with E-state index in [4.69, 9.17) is 4.74 Å². The van der Waals surface area contributed by atoms with Crippen LogP contribution in [0.5, 0.6) is 0 Å². The van der Waals surface area contributed by atoms with Crippen molar-refractivity contribution in [2.24, 2.45) is 0 Å². The van der Waals surface area contributed by atoms with Crippen LogP contribution in [0.3, 0.4) is 0 Å². The summed E-state index contributed by atoms with van der Waals surface area (Å²) in [5.74, 6) is -0.0327. The molecule has 2 rings (SSSR count). The Morgan fingerprint density at radius 1 is 1.27 bits per heavy atom. The molecule has 1 amide bonds. The zero-order valence-corrected chi connectivity index (χ0v) is 12.9. The van der Waals surface area contributed by atoms with E-state index >= 15 is 0 Å². The highest BCUT2D eigenvalue weighted by atomic mass is 16.5. The minimum Gasteiger partial charge on any atom is -0.378 e. The topological polar surface area (TPSA) is 56.1 Å². The summed E-state index contributed by atoms with van der Waals surface area (Å²) in [5, 5.41) is 7.04. The van der Waals surface area contributed by atoms with Crippen molar-refractivity contribution in [3.05, 3.63) is 54.4 Å². The van der Waals surface area contributed by atoms with Crippen LogP contribution in [0, 0.1) is 0 Å². The molecule has 1 N–H and O–H groups in total. The molecule has 1 aromatic heterocycles. The van der Waals surface area contributed by atoms with Crippen molar-refractivity contribution in [2.45, 2.75) is 25.8 Å². The minimum atomic E-state index is -0.0923. The summed E-state index contributed by atoms with van der Waals surface area (Å²) in [5.41, 5.74) is 1.06. The summed E-state index contributed by atoms with van der Waals surface area (Å²) in [6.07, 6.45) is 4.43. The lowest BCUT2D eigenvalue weighted by Crippen LogP contribution is -2.32. The van der Waals surface area contributed by atoms with E-state index in [0.29, 0.717) is 19.8 Å². The third-order valence-corrected chi connectivity index (χ3v) is 3.50. The summed E-state index contributed by atoms with van der Waals surface area (Å²) < 4.78 is 7.32. The van der Waals surface area contributed by atoms with Crippen LogP contribution in [0.2, 0.25) is 0 Å².